The molecule has 19 heavy (non-hydrogen) atoms. The minimum Gasteiger partial charge on any atom is -0.348 e. The number of nitrogens with one attached hydrogen (secondary N) is 2. The number of nitrogens with zero attached hydrogens (tertiary/aromatic N) is 1. The molecule has 1 amide bonds. The van der Waals surface area contributed by atoms with Gasteiger partial charge in [-0.1, -0.05) is 0 Å². The summed E-state index contributed by atoms with van der Waals surface area (Å²) in [5, 5.41) is 16.6. The minimum atomic E-state index is -0.479. The molecule has 2 rings (SSSR count). The Morgan fingerprint density at radius 1 is 1.37 bits per heavy atom. The van der Waals surface area contributed by atoms with Crippen LogP contribution in [0.15, 0.2) is 24.3 Å². The highest BCUT2D eigenvalue weighted by Gasteiger charge is 2.16. The number of non-ortho nitro benzene ring substituents is 1. The molecule has 2 N–H and O–H groups in total. The Bertz CT molecular complexity index is 444. The van der Waals surface area contributed by atoms with Crippen LogP contribution in [0.1, 0.15) is 23.2 Å². The van der Waals surface area contributed by atoms with Crippen molar-refractivity contribution in [1.82, 2.24) is 10.6 Å². The number of amides is 1. The summed E-state index contributed by atoms with van der Waals surface area (Å²) in [6.07, 6.45) is 2.01. The van der Waals surface area contributed by atoms with E-state index in [9.17, 15) is 14.9 Å². The van der Waals surface area contributed by atoms with E-state index in [0.29, 0.717) is 5.56 Å². The summed E-state index contributed by atoms with van der Waals surface area (Å²) in [4.78, 5) is 21.9. The lowest BCUT2D eigenvalue weighted by molar-refractivity contribution is -0.384. The first-order valence-corrected chi connectivity index (χ1v) is 5.93. The highest BCUT2D eigenvalue weighted by atomic mass is 35.5. The van der Waals surface area contributed by atoms with Crippen LogP contribution in [0.3, 0.4) is 0 Å². The third-order valence-corrected chi connectivity index (χ3v) is 2.97. The van der Waals surface area contributed by atoms with Crippen molar-refractivity contribution in [2.45, 2.75) is 18.9 Å². The number of hydrogen-bond acceptors (Lipinski definition) is 4. The predicted octanol–water partition coefficient (Wildman–Crippen LogP) is 1.50. The first-order valence-electron chi connectivity index (χ1n) is 5.93. The number of carbonyl (C=O) groups is 1. The number of nitro benzene ring substituents is 1. The zero-order valence-corrected chi connectivity index (χ0v) is 11.1. The molecule has 0 aromatic heterocycles. The molecule has 1 unspecified atom stereocenters. The molecule has 0 aliphatic carbocycles. The average Bonchev–Trinajstić information content (AvgIpc) is 2.40. The molecule has 0 spiro atoms. The minimum absolute atomic E-state index is 0. The maximum atomic E-state index is 11.9. The smallest absolute Gasteiger partial charge is 0.269 e. The van der Waals surface area contributed by atoms with Gasteiger partial charge >= 0.3 is 0 Å². The molecule has 7 heteroatoms. The fourth-order valence-electron chi connectivity index (χ4n) is 1.98. The zero-order valence-electron chi connectivity index (χ0n) is 10.3. The van der Waals surface area contributed by atoms with Gasteiger partial charge in [-0.15, -0.1) is 12.4 Å². The van der Waals surface area contributed by atoms with E-state index < -0.39 is 4.92 Å². The van der Waals surface area contributed by atoms with Gasteiger partial charge in [0.15, 0.2) is 0 Å². The van der Waals surface area contributed by atoms with Crippen molar-refractivity contribution in [2.75, 3.05) is 13.1 Å². The molecule has 1 aliphatic heterocycles. The Hall–Kier alpha value is -1.66. The number of rotatable bonds is 3. The molecule has 6 nitrogen and oxygen atoms in total. The third-order valence-electron chi connectivity index (χ3n) is 2.97. The molecule has 1 atom stereocenters. The van der Waals surface area contributed by atoms with Crippen LogP contribution < -0.4 is 10.6 Å². The molecule has 1 aromatic carbocycles. The number of piperidine rings is 1. The molecule has 0 radical (unpaired) electrons. The Labute approximate surface area is 117 Å². The van der Waals surface area contributed by atoms with Gasteiger partial charge in [0, 0.05) is 30.3 Å². The first-order chi connectivity index (χ1) is 8.66. The normalized spacial score (nSPS) is 18.2. The van der Waals surface area contributed by atoms with Crippen LogP contribution in [0.2, 0.25) is 0 Å². The fourth-order valence-corrected chi connectivity index (χ4v) is 1.98. The van der Waals surface area contributed by atoms with Gasteiger partial charge in [0.2, 0.25) is 0 Å². The molecule has 1 aliphatic rings. The molecular formula is C12H16ClN3O3. The van der Waals surface area contributed by atoms with Crippen LogP contribution in [-0.2, 0) is 0 Å². The highest BCUT2D eigenvalue weighted by Crippen LogP contribution is 2.12. The standard InChI is InChI=1S/C12H15N3O3.ClH/c16-12(14-10-2-1-7-13-8-10)9-3-5-11(6-4-9)15(17)18;/h3-6,10,13H,1-2,7-8H2,(H,14,16);1H. The van der Waals surface area contributed by atoms with E-state index in [1.165, 1.54) is 24.3 Å². The zero-order chi connectivity index (χ0) is 13.0. The van der Waals surface area contributed by atoms with E-state index in [1.807, 2.05) is 0 Å². The summed E-state index contributed by atoms with van der Waals surface area (Å²) in [7, 11) is 0. The second-order valence-electron chi connectivity index (χ2n) is 4.32. The summed E-state index contributed by atoms with van der Waals surface area (Å²) in [5.41, 5.74) is 0.442. The quantitative estimate of drug-likeness (QED) is 0.651. The van der Waals surface area contributed by atoms with Crippen LogP contribution in [0.25, 0.3) is 0 Å². The highest BCUT2D eigenvalue weighted by molar-refractivity contribution is 5.94. The maximum absolute atomic E-state index is 11.9. The number of nitro groups is 1. The van der Waals surface area contributed by atoms with Crippen molar-refractivity contribution in [2.24, 2.45) is 0 Å². The Morgan fingerprint density at radius 2 is 2.05 bits per heavy atom. The second-order valence-corrected chi connectivity index (χ2v) is 4.32. The van der Waals surface area contributed by atoms with E-state index in [0.717, 1.165) is 25.9 Å². The lowest BCUT2D eigenvalue weighted by Crippen LogP contribution is -2.45. The Kier molecular flexibility index (Phi) is 5.72. The summed E-state index contributed by atoms with van der Waals surface area (Å²) in [5.74, 6) is -0.182. The Morgan fingerprint density at radius 3 is 2.58 bits per heavy atom. The average molecular weight is 286 g/mol. The third kappa shape index (κ3) is 4.18. The van der Waals surface area contributed by atoms with Crippen LogP contribution in [0.5, 0.6) is 0 Å². The molecular weight excluding hydrogens is 270 g/mol. The number of benzene rings is 1. The fraction of sp³-hybridized carbons (Fsp3) is 0.417. The summed E-state index contributed by atoms with van der Waals surface area (Å²) >= 11 is 0. The van der Waals surface area contributed by atoms with Crippen molar-refractivity contribution in [3.05, 3.63) is 39.9 Å². The number of halogens is 1. The van der Waals surface area contributed by atoms with Crippen LogP contribution in [-0.4, -0.2) is 30.0 Å². The monoisotopic (exact) mass is 285 g/mol. The van der Waals surface area contributed by atoms with Crippen molar-refractivity contribution in [3.8, 4) is 0 Å². The van der Waals surface area contributed by atoms with Gasteiger partial charge in [0.25, 0.3) is 11.6 Å². The van der Waals surface area contributed by atoms with Gasteiger partial charge in [-0.05, 0) is 31.5 Å². The molecule has 0 saturated carbocycles. The van der Waals surface area contributed by atoms with Gasteiger partial charge in [-0.3, -0.25) is 14.9 Å². The van der Waals surface area contributed by atoms with Gasteiger partial charge in [-0.25, -0.2) is 0 Å². The molecule has 1 saturated heterocycles. The Balaban J connectivity index is 0.00000180. The largest absolute Gasteiger partial charge is 0.348 e. The summed E-state index contributed by atoms with van der Waals surface area (Å²) in [6.45, 7) is 1.77. The molecule has 0 bridgehead atoms. The molecule has 104 valence electrons. The van der Waals surface area contributed by atoms with Gasteiger partial charge < -0.3 is 10.6 Å². The predicted molar refractivity (Wildman–Crippen MR) is 73.7 cm³/mol. The van der Waals surface area contributed by atoms with Crippen molar-refractivity contribution < 1.29 is 9.72 Å². The van der Waals surface area contributed by atoms with Gasteiger partial charge in [0.05, 0.1) is 4.92 Å². The molecule has 1 fully saturated rings. The number of hydrogen-bond donors (Lipinski definition) is 2. The summed E-state index contributed by atoms with van der Waals surface area (Å²) < 4.78 is 0. The molecule has 1 aromatic rings. The van der Waals surface area contributed by atoms with Crippen molar-refractivity contribution in [1.29, 1.82) is 0 Å². The second kappa shape index (κ2) is 7.06. The first kappa shape index (κ1) is 15.4. The van der Waals surface area contributed by atoms with Gasteiger partial charge in [-0.2, -0.15) is 0 Å². The van der Waals surface area contributed by atoms with E-state index in [-0.39, 0.29) is 30.0 Å². The number of carbonyl (C=O) groups excluding carboxylic acids is 1. The van der Waals surface area contributed by atoms with Crippen LogP contribution >= 0.6 is 12.4 Å². The van der Waals surface area contributed by atoms with Crippen molar-refractivity contribution >= 4 is 24.0 Å². The molecule has 1 heterocycles. The van der Waals surface area contributed by atoms with Gasteiger partial charge in [0.1, 0.15) is 0 Å². The topological polar surface area (TPSA) is 84.3 Å². The lowest BCUT2D eigenvalue weighted by Gasteiger charge is -2.23. The summed E-state index contributed by atoms with van der Waals surface area (Å²) in [6, 6.07) is 5.77. The van der Waals surface area contributed by atoms with E-state index in [2.05, 4.69) is 10.6 Å². The lowest BCUT2D eigenvalue weighted by atomic mass is 10.1. The van der Waals surface area contributed by atoms with Crippen LogP contribution in [0, 0.1) is 10.1 Å². The van der Waals surface area contributed by atoms with Crippen LogP contribution in [0.4, 0.5) is 5.69 Å². The van der Waals surface area contributed by atoms with E-state index in [4.69, 9.17) is 0 Å². The van der Waals surface area contributed by atoms with Crippen molar-refractivity contribution in [3.63, 3.8) is 0 Å². The van der Waals surface area contributed by atoms with E-state index >= 15 is 0 Å². The SMILES string of the molecule is Cl.O=C(NC1CCCNC1)c1ccc([N+](=O)[O-])cc1. The van der Waals surface area contributed by atoms with E-state index in [1.54, 1.807) is 0 Å². The maximum Gasteiger partial charge on any atom is 0.269 e.